The number of aromatic nitrogens is 1. The van der Waals surface area contributed by atoms with Crippen molar-refractivity contribution in [3.63, 3.8) is 0 Å². The van der Waals surface area contributed by atoms with Gasteiger partial charge >= 0.3 is 0 Å². The van der Waals surface area contributed by atoms with Gasteiger partial charge in [-0.1, -0.05) is 11.6 Å². The van der Waals surface area contributed by atoms with Gasteiger partial charge in [0, 0.05) is 23.7 Å². The van der Waals surface area contributed by atoms with Crippen molar-refractivity contribution in [1.29, 1.82) is 0 Å². The number of fused-ring (bicyclic) bond motifs is 1. The smallest absolute Gasteiger partial charge is 0.0948 e. The highest BCUT2D eigenvalue weighted by Gasteiger charge is 2.35. The van der Waals surface area contributed by atoms with Gasteiger partial charge in [-0.2, -0.15) is 0 Å². The van der Waals surface area contributed by atoms with Gasteiger partial charge in [0.05, 0.1) is 16.2 Å². The number of anilines is 1. The van der Waals surface area contributed by atoms with Crippen molar-refractivity contribution in [3.05, 3.63) is 35.5 Å². The van der Waals surface area contributed by atoms with Crippen LogP contribution in [0.15, 0.2) is 30.5 Å². The Hall–Kier alpha value is -1.32. The zero-order chi connectivity index (χ0) is 12.6. The standard InChI is InChI=1S/C14H16ClN3/c15-11-4-5-12(13-10(11)3-1-8-17-13)18-14(9-16)6-2-7-14/h1,3-5,8,18H,2,6-7,9,16H2. The Kier molecular flexibility index (Phi) is 2.88. The highest BCUT2D eigenvalue weighted by molar-refractivity contribution is 6.35. The largest absolute Gasteiger partial charge is 0.377 e. The fourth-order valence-electron chi connectivity index (χ4n) is 2.51. The van der Waals surface area contributed by atoms with Crippen molar-refractivity contribution in [1.82, 2.24) is 4.98 Å². The van der Waals surface area contributed by atoms with Crippen LogP contribution in [0.25, 0.3) is 10.9 Å². The van der Waals surface area contributed by atoms with E-state index in [1.54, 1.807) is 6.20 Å². The summed E-state index contributed by atoms with van der Waals surface area (Å²) in [6.07, 6.45) is 5.28. The number of nitrogens with one attached hydrogen (secondary N) is 1. The maximum absolute atomic E-state index is 6.19. The summed E-state index contributed by atoms with van der Waals surface area (Å²) in [6.45, 7) is 0.657. The minimum absolute atomic E-state index is 0.0539. The number of hydrogen-bond donors (Lipinski definition) is 2. The first-order chi connectivity index (χ1) is 8.74. The van der Waals surface area contributed by atoms with Gasteiger partial charge in [0.25, 0.3) is 0 Å². The van der Waals surface area contributed by atoms with Crippen molar-refractivity contribution in [2.45, 2.75) is 24.8 Å². The molecule has 1 aromatic carbocycles. The molecular weight excluding hydrogens is 246 g/mol. The average Bonchev–Trinajstić information content (AvgIpc) is 2.37. The molecule has 1 aliphatic rings. The first kappa shape index (κ1) is 11.8. The van der Waals surface area contributed by atoms with Crippen LogP contribution in [0.3, 0.4) is 0 Å². The summed E-state index contributed by atoms with van der Waals surface area (Å²) in [5.41, 5.74) is 7.88. The first-order valence-electron chi connectivity index (χ1n) is 6.26. The third-order valence-electron chi connectivity index (χ3n) is 3.82. The van der Waals surface area contributed by atoms with Gasteiger partial charge in [0.2, 0.25) is 0 Å². The van der Waals surface area contributed by atoms with Crippen LogP contribution < -0.4 is 11.1 Å². The molecule has 3 nitrogen and oxygen atoms in total. The monoisotopic (exact) mass is 261 g/mol. The summed E-state index contributed by atoms with van der Waals surface area (Å²) in [4.78, 5) is 4.43. The lowest BCUT2D eigenvalue weighted by molar-refractivity contribution is 0.287. The van der Waals surface area contributed by atoms with E-state index in [1.165, 1.54) is 6.42 Å². The van der Waals surface area contributed by atoms with Crippen LogP contribution in [-0.4, -0.2) is 17.1 Å². The Balaban J connectivity index is 2.04. The fourth-order valence-corrected chi connectivity index (χ4v) is 2.72. The van der Waals surface area contributed by atoms with E-state index in [9.17, 15) is 0 Å². The van der Waals surface area contributed by atoms with E-state index in [0.717, 1.165) is 34.5 Å². The topological polar surface area (TPSA) is 50.9 Å². The van der Waals surface area contributed by atoms with E-state index >= 15 is 0 Å². The van der Waals surface area contributed by atoms with Gasteiger partial charge in [0.15, 0.2) is 0 Å². The van der Waals surface area contributed by atoms with Crippen LogP contribution in [0.5, 0.6) is 0 Å². The van der Waals surface area contributed by atoms with E-state index < -0.39 is 0 Å². The van der Waals surface area contributed by atoms with E-state index in [4.69, 9.17) is 17.3 Å². The average molecular weight is 262 g/mol. The molecule has 1 aromatic heterocycles. The molecule has 1 aliphatic carbocycles. The molecule has 0 bridgehead atoms. The minimum Gasteiger partial charge on any atom is -0.377 e. The Morgan fingerprint density at radius 3 is 2.83 bits per heavy atom. The van der Waals surface area contributed by atoms with E-state index in [2.05, 4.69) is 10.3 Å². The third-order valence-corrected chi connectivity index (χ3v) is 4.15. The molecular formula is C14H16ClN3. The molecule has 3 rings (SSSR count). The highest BCUT2D eigenvalue weighted by Crippen LogP contribution is 2.37. The number of nitrogens with zero attached hydrogens (tertiary/aromatic N) is 1. The molecule has 3 N–H and O–H groups in total. The summed E-state index contributed by atoms with van der Waals surface area (Å²) >= 11 is 6.19. The number of pyridine rings is 1. The third kappa shape index (κ3) is 1.84. The predicted molar refractivity (Wildman–Crippen MR) is 76.0 cm³/mol. The number of hydrogen-bond acceptors (Lipinski definition) is 3. The van der Waals surface area contributed by atoms with Gasteiger partial charge in [-0.3, -0.25) is 4.98 Å². The SMILES string of the molecule is NCC1(Nc2ccc(Cl)c3cccnc23)CCC1. The van der Waals surface area contributed by atoms with E-state index in [-0.39, 0.29) is 5.54 Å². The van der Waals surface area contributed by atoms with Crippen LogP contribution in [0, 0.1) is 0 Å². The number of halogens is 1. The number of rotatable bonds is 3. The van der Waals surface area contributed by atoms with Crippen LogP contribution in [0.4, 0.5) is 5.69 Å². The van der Waals surface area contributed by atoms with Gasteiger partial charge in [-0.15, -0.1) is 0 Å². The van der Waals surface area contributed by atoms with Crippen molar-refractivity contribution in [3.8, 4) is 0 Å². The molecule has 0 saturated heterocycles. The van der Waals surface area contributed by atoms with Crippen LogP contribution in [0.1, 0.15) is 19.3 Å². The molecule has 0 radical (unpaired) electrons. The summed E-state index contributed by atoms with van der Waals surface area (Å²) in [5, 5.41) is 5.28. The van der Waals surface area contributed by atoms with Crippen LogP contribution in [-0.2, 0) is 0 Å². The molecule has 0 amide bonds. The highest BCUT2D eigenvalue weighted by atomic mass is 35.5. The van der Waals surface area contributed by atoms with Crippen molar-refractivity contribution < 1.29 is 0 Å². The molecule has 1 heterocycles. The van der Waals surface area contributed by atoms with Gasteiger partial charge in [-0.25, -0.2) is 0 Å². The summed E-state index contributed by atoms with van der Waals surface area (Å²) < 4.78 is 0. The van der Waals surface area contributed by atoms with Crippen molar-refractivity contribution >= 4 is 28.2 Å². The van der Waals surface area contributed by atoms with E-state index in [0.29, 0.717) is 6.54 Å². The van der Waals surface area contributed by atoms with Gasteiger partial charge in [-0.05, 0) is 43.5 Å². The first-order valence-corrected chi connectivity index (χ1v) is 6.63. The molecule has 0 atom stereocenters. The van der Waals surface area contributed by atoms with Crippen molar-refractivity contribution in [2.24, 2.45) is 5.73 Å². The second-order valence-corrected chi connectivity index (χ2v) is 5.36. The lowest BCUT2D eigenvalue weighted by atomic mass is 9.76. The molecule has 94 valence electrons. The molecule has 1 saturated carbocycles. The Morgan fingerprint density at radius 1 is 1.33 bits per heavy atom. The second kappa shape index (κ2) is 4.41. The summed E-state index contributed by atoms with van der Waals surface area (Å²) in [6, 6.07) is 7.80. The Labute approximate surface area is 111 Å². The quantitative estimate of drug-likeness (QED) is 0.892. The number of nitrogens with two attached hydrogens (primary N) is 1. The molecule has 18 heavy (non-hydrogen) atoms. The normalized spacial score (nSPS) is 17.4. The lowest BCUT2D eigenvalue weighted by Crippen LogP contribution is -2.51. The fraction of sp³-hybridized carbons (Fsp3) is 0.357. The van der Waals surface area contributed by atoms with Crippen molar-refractivity contribution in [2.75, 3.05) is 11.9 Å². The zero-order valence-corrected chi connectivity index (χ0v) is 10.9. The molecule has 0 unspecified atom stereocenters. The number of benzene rings is 1. The lowest BCUT2D eigenvalue weighted by Gasteiger charge is -2.42. The summed E-state index contributed by atoms with van der Waals surface area (Å²) in [5.74, 6) is 0. The maximum Gasteiger partial charge on any atom is 0.0948 e. The molecule has 1 fully saturated rings. The minimum atomic E-state index is 0.0539. The van der Waals surface area contributed by atoms with Gasteiger partial charge < -0.3 is 11.1 Å². The molecule has 2 aromatic rings. The van der Waals surface area contributed by atoms with E-state index in [1.807, 2.05) is 24.3 Å². The van der Waals surface area contributed by atoms with Crippen LogP contribution in [0.2, 0.25) is 5.02 Å². The molecule has 0 spiro atoms. The maximum atomic E-state index is 6.19. The zero-order valence-electron chi connectivity index (χ0n) is 10.1. The predicted octanol–water partition coefficient (Wildman–Crippen LogP) is 3.18. The molecule has 4 heteroatoms. The Morgan fingerprint density at radius 2 is 2.17 bits per heavy atom. The Bertz CT molecular complexity index is 573. The summed E-state index contributed by atoms with van der Waals surface area (Å²) in [7, 11) is 0. The van der Waals surface area contributed by atoms with Gasteiger partial charge in [0.1, 0.15) is 0 Å². The second-order valence-electron chi connectivity index (χ2n) is 4.96. The molecule has 0 aliphatic heterocycles. The van der Waals surface area contributed by atoms with Crippen LogP contribution >= 0.6 is 11.6 Å².